The summed E-state index contributed by atoms with van der Waals surface area (Å²) in [6.07, 6.45) is 5.92. The molecule has 0 saturated carbocycles. The molecule has 1 saturated heterocycles. The van der Waals surface area contributed by atoms with Crippen LogP contribution in [0.15, 0.2) is 60.7 Å². The van der Waals surface area contributed by atoms with Crippen molar-refractivity contribution < 1.29 is 9.47 Å². The van der Waals surface area contributed by atoms with E-state index in [1.165, 1.54) is 12.8 Å². The number of nitrogens with one attached hydrogen (secondary N) is 1. The number of fused-ring (bicyclic) bond motifs is 1. The largest absolute Gasteiger partial charge is 0.457 e. The number of benzene rings is 1. The summed E-state index contributed by atoms with van der Waals surface area (Å²) in [7, 11) is 0. The minimum absolute atomic E-state index is 0.689. The van der Waals surface area contributed by atoms with Crippen LogP contribution in [-0.4, -0.2) is 31.2 Å². The second kappa shape index (κ2) is 7.57. The maximum Gasteiger partial charge on any atom is 0.169 e. The van der Waals surface area contributed by atoms with Crippen LogP contribution >= 0.6 is 0 Å². The zero-order valence-corrected chi connectivity index (χ0v) is 14.2. The fourth-order valence-electron chi connectivity index (χ4n) is 3.31. The smallest absolute Gasteiger partial charge is 0.169 e. The summed E-state index contributed by atoms with van der Waals surface area (Å²) in [5, 5.41) is 3.50. The minimum atomic E-state index is 0.689. The predicted molar refractivity (Wildman–Crippen MR) is 97.8 cm³/mol. The van der Waals surface area contributed by atoms with Crippen LogP contribution < -0.4 is 19.7 Å². The molecule has 2 aromatic rings. The number of nitrogens with zero attached hydrogens (tertiary/aromatic N) is 2. The van der Waals surface area contributed by atoms with E-state index in [0.717, 1.165) is 42.7 Å². The van der Waals surface area contributed by atoms with Crippen LogP contribution in [0.1, 0.15) is 12.8 Å². The Morgan fingerprint density at radius 2 is 1.84 bits per heavy atom. The maximum atomic E-state index is 5.85. The first-order chi connectivity index (χ1) is 12.4. The summed E-state index contributed by atoms with van der Waals surface area (Å²) < 4.78 is 11.5. The van der Waals surface area contributed by atoms with Gasteiger partial charge in [-0.1, -0.05) is 18.2 Å². The number of pyridine rings is 1. The second-order valence-corrected chi connectivity index (χ2v) is 6.50. The Balaban J connectivity index is 1.20. The molecule has 0 amide bonds. The van der Waals surface area contributed by atoms with Gasteiger partial charge in [0.1, 0.15) is 12.1 Å². The number of hydrogen-bond acceptors (Lipinski definition) is 5. The van der Waals surface area contributed by atoms with Gasteiger partial charge in [-0.25, -0.2) is 4.98 Å². The van der Waals surface area contributed by atoms with Crippen molar-refractivity contribution in [3.8, 4) is 11.5 Å². The van der Waals surface area contributed by atoms with E-state index in [4.69, 9.17) is 9.47 Å². The van der Waals surface area contributed by atoms with Crippen molar-refractivity contribution in [1.29, 1.82) is 0 Å². The van der Waals surface area contributed by atoms with Gasteiger partial charge in [0.25, 0.3) is 0 Å². The van der Waals surface area contributed by atoms with Gasteiger partial charge in [-0.05, 0) is 49.6 Å². The third-order valence-electron chi connectivity index (χ3n) is 4.73. The molecule has 2 aliphatic heterocycles. The van der Waals surface area contributed by atoms with Crippen LogP contribution in [0, 0.1) is 5.92 Å². The number of para-hydroxylation sites is 2. The molecule has 0 atom stereocenters. The summed E-state index contributed by atoms with van der Waals surface area (Å²) >= 11 is 0. The van der Waals surface area contributed by atoms with Crippen molar-refractivity contribution in [2.45, 2.75) is 12.8 Å². The lowest BCUT2D eigenvalue weighted by molar-refractivity contribution is 0.307. The van der Waals surface area contributed by atoms with Gasteiger partial charge in [0, 0.05) is 19.3 Å². The van der Waals surface area contributed by atoms with Crippen molar-refractivity contribution in [2.24, 2.45) is 5.92 Å². The molecule has 4 rings (SSSR count). The van der Waals surface area contributed by atoms with Gasteiger partial charge in [-0.3, -0.25) is 0 Å². The van der Waals surface area contributed by atoms with E-state index in [9.17, 15) is 0 Å². The molecule has 1 aromatic heterocycles. The lowest BCUT2D eigenvalue weighted by atomic mass is 9.97. The number of anilines is 1. The van der Waals surface area contributed by atoms with Crippen molar-refractivity contribution in [2.75, 3.05) is 31.1 Å². The van der Waals surface area contributed by atoms with E-state index in [-0.39, 0.29) is 0 Å². The first kappa shape index (κ1) is 16.0. The fraction of sp³-hybridized carbons (Fsp3) is 0.350. The highest BCUT2D eigenvalue weighted by atomic mass is 16.6. The van der Waals surface area contributed by atoms with Gasteiger partial charge in [-0.15, -0.1) is 0 Å². The normalized spacial score (nSPS) is 17.3. The van der Waals surface area contributed by atoms with Crippen LogP contribution in [-0.2, 0) is 0 Å². The summed E-state index contributed by atoms with van der Waals surface area (Å²) in [5.41, 5.74) is 0. The highest BCUT2D eigenvalue weighted by Crippen LogP contribution is 2.31. The van der Waals surface area contributed by atoms with E-state index >= 15 is 0 Å². The van der Waals surface area contributed by atoms with Crippen LogP contribution in [0.3, 0.4) is 0 Å². The van der Waals surface area contributed by atoms with E-state index in [0.29, 0.717) is 12.5 Å². The predicted octanol–water partition coefficient (Wildman–Crippen LogP) is 3.20. The molecule has 130 valence electrons. The molecule has 0 spiro atoms. The van der Waals surface area contributed by atoms with Crippen LogP contribution in [0.2, 0.25) is 0 Å². The quantitative estimate of drug-likeness (QED) is 0.908. The summed E-state index contributed by atoms with van der Waals surface area (Å²) in [6.45, 7) is 3.82. The van der Waals surface area contributed by atoms with Crippen LogP contribution in [0.4, 0.5) is 5.82 Å². The minimum Gasteiger partial charge on any atom is -0.457 e. The molecule has 1 fully saturated rings. The Bertz CT molecular complexity index is 725. The van der Waals surface area contributed by atoms with Gasteiger partial charge >= 0.3 is 0 Å². The molecular formula is C20H23N3O2. The van der Waals surface area contributed by atoms with E-state index in [1.54, 1.807) is 6.26 Å². The van der Waals surface area contributed by atoms with Crippen molar-refractivity contribution in [3.63, 3.8) is 0 Å². The van der Waals surface area contributed by atoms with E-state index in [1.807, 2.05) is 42.6 Å². The van der Waals surface area contributed by atoms with Gasteiger partial charge < -0.3 is 19.7 Å². The first-order valence-corrected chi connectivity index (χ1v) is 8.88. The second-order valence-electron chi connectivity index (χ2n) is 6.50. The Morgan fingerprint density at radius 1 is 1.04 bits per heavy atom. The zero-order valence-electron chi connectivity index (χ0n) is 14.2. The van der Waals surface area contributed by atoms with Crippen LogP contribution in [0.25, 0.3) is 0 Å². The maximum absolute atomic E-state index is 5.85. The Labute approximate surface area is 148 Å². The molecular weight excluding hydrogens is 314 g/mol. The Morgan fingerprint density at radius 3 is 2.64 bits per heavy atom. The SMILES string of the molecule is C1=C(CNCC2CCN(c3ccccn3)CC2)Oc2ccccc2O1. The topological polar surface area (TPSA) is 46.6 Å². The van der Waals surface area contributed by atoms with E-state index < -0.39 is 0 Å². The first-order valence-electron chi connectivity index (χ1n) is 8.88. The molecule has 0 bridgehead atoms. The van der Waals surface area contributed by atoms with E-state index in [2.05, 4.69) is 21.3 Å². The fourth-order valence-corrected chi connectivity index (χ4v) is 3.31. The number of piperidine rings is 1. The van der Waals surface area contributed by atoms with Crippen molar-refractivity contribution in [3.05, 3.63) is 60.7 Å². The number of aromatic nitrogens is 1. The van der Waals surface area contributed by atoms with Gasteiger partial charge in [0.05, 0.1) is 6.54 Å². The lowest BCUT2D eigenvalue weighted by Crippen LogP contribution is -2.38. The molecule has 0 radical (unpaired) electrons. The standard InChI is InChI=1S/C20H23N3O2/c1-2-6-19-18(5-1)24-15-17(25-19)14-21-13-16-8-11-23(12-9-16)20-7-3-4-10-22-20/h1-7,10,15-16,21H,8-9,11-14H2. The van der Waals surface area contributed by atoms with Gasteiger partial charge in [-0.2, -0.15) is 0 Å². The summed E-state index contributed by atoms with van der Waals surface area (Å²) in [6, 6.07) is 13.8. The highest BCUT2D eigenvalue weighted by molar-refractivity contribution is 5.42. The third kappa shape index (κ3) is 3.94. The molecule has 2 aliphatic rings. The monoisotopic (exact) mass is 337 g/mol. The average molecular weight is 337 g/mol. The number of hydrogen-bond donors (Lipinski definition) is 1. The number of ether oxygens (including phenoxy) is 2. The molecule has 0 aliphatic carbocycles. The molecule has 3 heterocycles. The summed E-state index contributed by atoms with van der Waals surface area (Å²) in [4.78, 5) is 6.81. The average Bonchev–Trinajstić information content (AvgIpc) is 2.69. The molecule has 1 N–H and O–H groups in total. The third-order valence-corrected chi connectivity index (χ3v) is 4.73. The summed E-state index contributed by atoms with van der Waals surface area (Å²) in [5.74, 6) is 4.16. The highest BCUT2D eigenvalue weighted by Gasteiger charge is 2.20. The molecule has 5 heteroatoms. The van der Waals surface area contributed by atoms with Crippen molar-refractivity contribution >= 4 is 5.82 Å². The number of rotatable bonds is 5. The van der Waals surface area contributed by atoms with Crippen molar-refractivity contribution in [1.82, 2.24) is 10.3 Å². The Hall–Kier alpha value is -2.53. The zero-order chi connectivity index (χ0) is 16.9. The lowest BCUT2D eigenvalue weighted by Gasteiger charge is -2.33. The molecule has 0 unspecified atom stereocenters. The van der Waals surface area contributed by atoms with Gasteiger partial charge in [0.15, 0.2) is 17.3 Å². The molecule has 5 nitrogen and oxygen atoms in total. The Kier molecular flexibility index (Phi) is 4.84. The van der Waals surface area contributed by atoms with Crippen LogP contribution in [0.5, 0.6) is 11.5 Å². The van der Waals surface area contributed by atoms with Gasteiger partial charge in [0.2, 0.25) is 0 Å². The molecule has 25 heavy (non-hydrogen) atoms. The molecule has 1 aromatic carbocycles.